The molecular weight excluding hydrogens is 276 g/mol. The Bertz CT molecular complexity index is 514. The number of carbonyl (C=O) groups excluding carboxylic acids is 1. The van der Waals surface area contributed by atoms with Gasteiger partial charge in [-0.3, -0.25) is 9.59 Å². The van der Waals surface area contributed by atoms with Crippen molar-refractivity contribution >= 4 is 11.9 Å². The largest absolute Gasteiger partial charge is 0.481 e. The fraction of sp³-hybridized carbons (Fsp3) is 0.500. The summed E-state index contributed by atoms with van der Waals surface area (Å²) in [5.41, 5.74) is 0.423. The molecule has 0 saturated carbocycles. The number of hydrogen-bond donors (Lipinski definition) is 1. The van der Waals surface area contributed by atoms with Gasteiger partial charge in [-0.15, -0.1) is 0 Å². The second kappa shape index (κ2) is 7.03. The van der Waals surface area contributed by atoms with Gasteiger partial charge in [0.15, 0.2) is 0 Å². The van der Waals surface area contributed by atoms with Gasteiger partial charge in [-0.05, 0) is 6.07 Å². The van der Waals surface area contributed by atoms with E-state index in [2.05, 4.69) is 4.98 Å². The van der Waals surface area contributed by atoms with Crippen LogP contribution in [-0.4, -0.2) is 59.8 Å². The summed E-state index contributed by atoms with van der Waals surface area (Å²) in [5.74, 6) is -0.816. The second-order valence-corrected chi connectivity index (χ2v) is 4.86. The number of carboxylic acids is 1. The lowest BCUT2D eigenvalue weighted by Gasteiger charge is -2.17. The van der Waals surface area contributed by atoms with Gasteiger partial charge < -0.3 is 19.5 Å². The molecule has 114 valence electrons. The van der Waals surface area contributed by atoms with Crippen molar-refractivity contribution in [1.29, 1.82) is 0 Å². The minimum atomic E-state index is -0.936. The lowest BCUT2D eigenvalue weighted by Crippen LogP contribution is -2.29. The number of amides is 1. The maximum Gasteiger partial charge on any atom is 0.305 e. The van der Waals surface area contributed by atoms with Crippen molar-refractivity contribution in [2.45, 2.75) is 18.9 Å². The van der Waals surface area contributed by atoms with Gasteiger partial charge in [-0.1, -0.05) is 0 Å². The van der Waals surface area contributed by atoms with E-state index < -0.39 is 5.97 Å². The lowest BCUT2D eigenvalue weighted by molar-refractivity contribution is -0.137. The first-order valence-electron chi connectivity index (χ1n) is 6.74. The molecule has 1 aliphatic rings. The number of ether oxygens (including phenoxy) is 2. The Morgan fingerprint density at radius 1 is 1.57 bits per heavy atom. The van der Waals surface area contributed by atoms with Crippen LogP contribution in [-0.2, 0) is 9.53 Å². The highest BCUT2D eigenvalue weighted by Gasteiger charge is 2.19. The lowest BCUT2D eigenvalue weighted by atomic mass is 10.2. The third kappa shape index (κ3) is 4.42. The molecular formula is C14H18N2O5. The highest BCUT2D eigenvalue weighted by Crippen LogP contribution is 2.16. The molecule has 7 nitrogen and oxygen atoms in total. The van der Waals surface area contributed by atoms with Crippen LogP contribution in [0.3, 0.4) is 0 Å². The van der Waals surface area contributed by atoms with Crippen molar-refractivity contribution in [3.8, 4) is 5.88 Å². The number of pyridine rings is 1. The summed E-state index contributed by atoms with van der Waals surface area (Å²) in [6.45, 7) is 1.35. The normalized spacial score (nSPS) is 17.5. The van der Waals surface area contributed by atoms with E-state index in [1.165, 1.54) is 11.1 Å². The van der Waals surface area contributed by atoms with Crippen LogP contribution in [0.2, 0.25) is 0 Å². The summed E-state index contributed by atoms with van der Waals surface area (Å²) in [7, 11) is 1.57. The Hall–Kier alpha value is -2.15. The number of aliphatic carboxylic acids is 1. The van der Waals surface area contributed by atoms with Crippen molar-refractivity contribution in [2.24, 2.45) is 0 Å². The molecule has 0 aliphatic carbocycles. The van der Waals surface area contributed by atoms with E-state index in [0.717, 1.165) is 6.42 Å². The summed E-state index contributed by atoms with van der Waals surface area (Å²) in [6.07, 6.45) is 2.19. The first kappa shape index (κ1) is 15.2. The Balaban J connectivity index is 1.98. The van der Waals surface area contributed by atoms with Gasteiger partial charge in [0, 0.05) is 37.8 Å². The number of rotatable bonds is 6. The molecule has 1 N–H and O–H groups in total. The predicted molar refractivity (Wildman–Crippen MR) is 73.3 cm³/mol. The maximum atomic E-state index is 12.2. The van der Waals surface area contributed by atoms with Gasteiger partial charge >= 0.3 is 5.97 Å². The van der Waals surface area contributed by atoms with Crippen LogP contribution in [0.5, 0.6) is 5.88 Å². The SMILES string of the molecule is CN(CCC(=O)O)C(=O)c1ccnc(OC2CCOC2)c1. The molecule has 21 heavy (non-hydrogen) atoms. The van der Waals surface area contributed by atoms with Gasteiger partial charge in [0.05, 0.1) is 19.6 Å². The second-order valence-electron chi connectivity index (χ2n) is 4.86. The Morgan fingerprint density at radius 2 is 2.38 bits per heavy atom. The molecule has 1 aliphatic heterocycles. The highest BCUT2D eigenvalue weighted by atomic mass is 16.5. The quantitative estimate of drug-likeness (QED) is 0.834. The average Bonchev–Trinajstić information content (AvgIpc) is 2.97. The molecule has 0 radical (unpaired) electrons. The summed E-state index contributed by atoms with van der Waals surface area (Å²) >= 11 is 0. The fourth-order valence-electron chi connectivity index (χ4n) is 1.97. The van der Waals surface area contributed by atoms with Gasteiger partial charge in [-0.25, -0.2) is 4.98 Å². The van der Waals surface area contributed by atoms with Crippen molar-refractivity contribution in [2.75, 3.05) is 26.8 Å². The summed E-state index contributed by atoms with van der Waals surface area (Å²) in [6, 6.07) is 3.15. The molecule has 1 saturated heterocycles. The maximum absolute atomic E-state index is 12.2. The van der Waals surface area contributed by atoms with E-state index >= 15 is 0 Å². The van der Waals surface area contributed by atoms with Crippen LogP contribution in [0.4, 0.5) is 0 Å². The van der Waals surface area contributed by atoms with Crippen LogP contribution in [0, 0.1) is 0 Å². The minimum absolute atomic E-state index is 0.0346. The molecule has 1 amide bonds. The third-order valence-electron chi connectivity index (χ3n) is 3.16. The molecule has 0 aromatic carbocycles. The fourth-order valence-corrected chi connectivity index (χ4v) is 1.97. The molecule has 0 bridgehead atoms. The summed E-state index contributed by atoms with van der Waals surface area (Å²) < 4.78 is 10.9. The average molecular weight is 294 g/mol. The Morgan fingerprint density at radius 3 is 3.05 bits per heavy atom. The Kier molecular flexibility index (Phi) is 5.10. The first-order chi connectivity index (χ1) is 10.1. The molecule has 1 aromatic heterocycles. The number of carbonyl (C=O) groups is 2. The molecule has 2 rings (SSSR count). The molecule has 1 unspecified atom stereocenters. The van der Waals surface area contributed by atoms with Gasteiger partial charge in [0.2, 0.25) is 5.88 Å². The standard InChI is InChI=1S/C14H18N2O5/c1-16(6-3-13(17)18)14(19)10-2-5-15-12(8-10)21-11-4-7-20-9-11/h2,5,8,11H,3-4,6-7,9H2,1H3,(H,17,18). The van der Waals surface area contributed by atoms with Crippen LogP contribution < -0.4 is 4.74 Å². The number of aromatic nitrogens is 1. The minimum Gasteiger partial charge on any atom is -0.481 e. The zero-order chi connectivity index (χ0) is 15.2. The van der Waals surface area contributed by atoms with Crippen molar-refractivity contribution < 1.29 is 24.2 Å². The van der Waals surface area contributed by atoms with Crippen molar-refractivity contribution in [3.63, 3.8) is 0 Å². The zero-order valence-corrected chi connectivity index (χ0v) is 11.8. The van der Waals surface area contributed by atoms with E-state index in [1.54, 1.807) is 19.2 Å². The molecule has 1 aromatic rings. The smallest absolute Gasteiger partial charge is 0.305 e. The molecule has 0 spiro atoms. The molecule has 1 atom stereocenters. The Labute approximate surface area is 122 Å². The van der Waals surface area contributed by atoms with Crippen molar-refractivity contribution in [3.05, 3.63) is 23.9 Å². The zero-order valence-electron chi connectivity index (χ0n) is 11.8. The summed E-state index contributed by atoms with van der Waals surface area (Å²) in [4.78, 5) is 28.1. The molecule has 7 heteroatoms. The van der Waals surface area contributed by atoms with Crippen LogP contribution in [0.15, 0.2) is 18.3 Å². The third-order valence-corrected chi connectivity index (χ3v) is 3.16. The number of hydrogen-bond acceptors (Lipinski definition) is 5. The van der Waals surface area contributed by atoms with Gasteiger partial charge in [-0.2, -0.15) is 0 Å². The van der Waals surface area contributed by atoms with Crippen LogP contribution in [0.25, 0.3) is 0 Å². The van der Waals surface area contributed by atoms with E-state index in [9.17, 15) is 9.59 Å². The van der Waals surface area contributed by atoms with Crippen LogP contribution in [0.1, 0.15) is 23.2 Å². The first-order valence-corrected chi connectivity index (χ1v) is 6.74. The summed E-state index contributed by atoms with van der Waals surface area (Å²) in [5, 5.41) is 8.64. The van der Waals surface area contributed by atoms with Gasteiger partial charge in [0.1, 0.15) is 6.10 Å². The van der Waals surface area contributed by atoms with E-state index in [0.29, 0.717) is 24.7 Å². The van der Waals surface area contributed by atoms with E-state index in [4.69, 9.17) is 14.6 Å². The number of carboxylic acid groups (broad SMARTS) is 1. The monoisotopic (exact) mass is 294 g/mol. The van der Waals surface area contributed by atoms with E-state index in [-0.39, 0.29) is 25.0 Å². The van der Waals surface area contributed by atoms with Crippen LogP contribution >= 0.6 is 0 Å². The predicted octanol–water partition coefficient (Wildman–Crippen LogP) is 0.796. The topological polar surface area (TPSA) is 89.0 Å². The van der Waals surface area contributed by atoms with E-state index in [1.807, 2.05) is 0 Å². The molecule has 2 heterocycles. The van der Waals surface area contributed by atoms with Crippen molar-refractivity contribution in [1.82, 2.24) is 9.88 Å². The molecule has 1 fully saturated rings. The van der Waals surface area contributed by atoms with Gasteiger partial charge in [0.25, 0.3) is 5.91 Å². The highest BCUT2D eigenvalue weighted by molar-refractivity contribution is 5.94. The number of nitrogens with zero attached hydrogens (tertiary/aromatic N) is 2.